The van der Waals surface area contributed by atoms with Gasteiger partial charge in [-0.2, -0.15) is 0 Å². The molecule has 0 aromatic rings. The van der Waals surface area contributed by atoms with Gasteiger partial charge in [0.1, 0.15) is 0 Å². The van der Waals surface area contributed by atoms with Crippen molar-refractivity contribution >= 4 is 5.84 Å². The van der Waals surface area contributed by atoms with Crippen molar-refractivity contribution < 1.29 is 5.21 Å². The average Bonchev–Trinajstić information content (AvgIpc) is 1.90. The van der Waals surface area contributed by atoms with E-state index in [1.807, 2.05) is 0 Å². The summed E-state index contributed by atoms with van der Waals surface area (Å²) in [4.78, 5) is 0. The van der Waals surface area contributed by atoms with E-state index in [2.05, 4.69) is 10.5 Å². The Morgan fingerprint density at radius 1 is 1.50 bits per heavy atom. The Morgan fingerprint density at radius 2 is 2.38 bits per heavy atom. The zero-order valence-electron chi connectivity index (χ0n) is 4.67. The van der Waals surface area contributed by atoms with Crippen LogP contribution in [0.1, 0.15) is 19.3 Å². The molecule has 1 N–H and O–H groups in total. The number of rotatable bonds is 0. The molecule has 1 heterocycles. The number of piperidine rings is 1. The molecule has 0 aromatic heterocycles. The van der Waals surface area contributed by atoms with Crippen LogP contribution in [0.3, 0.4) is 0 Å². The van der Waals surface area contributed by atoms with E-state index in [1.54, 1.807) is 0 Å². The van der Waals surface area contributed by atoms with Gasteiger partial charge in [0.25, 0.3) is 0 Å². The van der Waals surface area contributed by atoms with Gasteiger partial charge < -0.3 is 5.21 Å². The van der Waals surface area contributed by atoms with E-state index in [0.29, 0.717) is 5.84 Å². The maximum Gasteiger partial charge on any atom is 0.162 e. The molecule has 8 heavy (non-hydrogen) atoms. The quantitative estimate of drug-likeness (QED) is 0.362. The number of hydrogen-bond acceptors (Lipinski definition) is 2. The number of nitrogens with zero attached hydrogens (tertiary/aromatic N) is 2. The van der Waals surface area contributed by atoms with E-state index in [4.69, 9.17) is 5.21 Å². The SMILES string of the molecule is ON=C1CCCC[N]1. The van der Waals surface area contributed by atoms with Crippen LogP contribution >= 0.6 is 0 Å². The van der Waals surface area contributed by atoms with Crippen molar-refractivity contribution in [2.45, 2.75) is 19.3 Å². The van der Waals surface area contributed by atoms with Crippen LogP contribution in [0.5, 0.6) is 0 Å². The minimum Gasteiger partial charge on any atom is -0.409 e. The summed E-state index contributed by atoms with van der Waals surface area (Å²) in [7, 11) is 0. The van der Waals surface area contributed by atoms with E-state index in [1.165, 1.54) is 0 Å². The maximum absolute atomic E-state index is 8.19. The molecule has 1 aliphatic rings. The predicted octanol–water partition coefficient (Wildman–Crippen LogP) is 0.562. The van der Waals surface area contributed by atoms with Gasteiger partial charge in [0.2, 0.25) is 0 Å². The van der Waals surface area contributed by atoms with Crippen LogP contribution < -0.4 is 5.32 Å². The topological polar surface area (TPSA) is 46.7 Å². The second kappa shape index (κ2) is 2.55. The first-order valence-electron chi connectivity index (χ1n) is 2.82. The maximum atomic E-state index is 8.19. The Kier molecular flexibility index (Phi) is 1.72. The molecule has 0 atom stereocenters. The lowest BCUT2D eigenvalue weighted by atomic mass is 10.2. The lowest BCUT2D eigenvalue weighted by Gasteiger charge is -2.09. The fraction of sp³-hybridized carbons (Fsp3) is 0.800. The van der Waals surface area contributed by atoms with Crippen LogP contribution in [-0.2, 0) is 0 Å². The van der Waals surface area contributed by atoms with E-state index < -0.39 is 0 Å². The van der Waals surface area contributed by atoms with Crippen molar-refractivity contribution in [3.05, 3.63) is 0 Å². The summed E-state index contributed by atoms with van der Waals surface area (Å²) < 4.78 is 0. The first-order chi connectivity index (χ1) is 3.93. The summed E-state index contributed by atoms with van der Waals surface area (Å²) in [6.45, 7) is 0.833. The molecule has 0 aromatic carbocycles. The van der Waals surface area contributed by atoms with Gasteiger partial charge in [0.05, 0.1) is 0 Å². The molecule has 1 rings (SSSR count). The highest BCUT2D eigenvalue weighted by Gasteiger charge is 2.05. The average molecular weight is 113 g/mol. The third-order valence-corrected chi connectivity index (χ3v) is 1.22. The number of oxime groups is 1. The smallest absolute Gasteiger partial charge is 0.162 e. The molecule has 0 bridgehead atoms. The van der Waals surface area contributed by atoms with E-state index in [-0.39, 0.29) is 0 Å². The molecule has 3 nitrogen and oxygen atoms in total. The molecule has 0 spiro atoms. The normalized spacial score (nSPS) is 25.2. The molecule has 1 radical (unpaired) electrons. The number of amidine groups is 1. The Hall–Kier alpha value is -0.730. The van der Waals surface area contributed by atoms with Gasteiger partial charge in [-0.05, 0) is 12.8 Å². The van der Waals surface area contributed by atoms with Crippen molar-refractivity contribution in [1.29, 1.82) is 0 Å². The van der Waals surface area contributed by atoms with E-state index >= 15 is 0 Å². The summed E-state index contributed by atoms with van der Waals surface area (Å²) in [6.07, 6.45) is 3.10. The minimum atomic E-state index is 0.608. The molecule has 0 saturated carbocycles. The summed E-state index contributed by atoms with van der Waals surface area (Å²) in [5.41, 5.74) is 0. The lowest BCUT2D eigenvalue weighted by molar-refractivity contribution is 0.313. The summed E-state index contributed by atoms with van der Waals surface area (Å²) in [6, 6.07) is 0. The van der Waals surface area contributed by atoms with Crippen molar-refractivity contribution in [2.24, 2.45) is 5.16 Å². The van der Waals surface area contributed by atoms with Crippen molar-refractivity contribution in [3.63, 3.8) is 0 Å². The van der Waals surface area contributed by atoms with Gasteiger partial charge in [-0.15, -0.1) is 0 Å². The summed E-state index contributed by atoms with van der Waals surface area (Å²) in [5, 5.41) is 15.1. The number of hydrogen-bond donors (Lipinski definition) is 1. The van der Waals surface area contributed by atoms with Crippen LogP contribution in [0.4, 0.5) is 0 Å². The zero-order chi connectivity index (χ0) is 5.82. The third-order valence-electron chi connectivity index (χ3n) is 1.22. The van der Waals surface area contributed by atoms with Crippen LogP contribution in [0.15, 0.2) is 5.16 Å². The Bertz CT molecular complexity index is 92.6. The summed E-state index contributed by atoms with van der Waals surface area (Å²) in [5.74, 6) is 0.608. The molecule has 1 aliphatic heterocycles. The Morgan fingerprint density at radius 3 is 2.75 bits per heavy atom. The standard InChI is InChI=1S/C5H9N2O/c8-7-5-3-1-2-4-6-5/h8H,1-4H2. The first kappa shape index (κ1) is 5.41. The van der Waals surface area contributed by atoms with E-state index in [0.717, 1.165) is 25.8 Å². The van der Waals surface area contributed by atoms with Gasteiger partial charge >= 0.3 is 0 Å². The molecular formula is C5H9N2O. The van der Waals surface area contributed by atoms with Gasteiger partial charge in [0, 0.05) is 13.0 Å². The molecule has 1 fully saturated rings. The van der Waals surface area contributed by atoms with Gasteiger partial charge in [-0.25, -0.2) is 0 Å². The molecule has 0 unspecified atom stereocenters. The largest absolute Gasteiger partial charge is 0.409 e. The molecule has 0 aliphatic carbocycles. The molecule has 0 amide bonds. The fourth-order valence-corrected chi connectivity index (χ4v) is 0.764. The van der Waals surface area contributed by atoms with E-state index in [9.17, 15) is 0 Å². The molecule has 45 valence electrons. The molecule has 1 saturated heterocycles. The Balaban J connectivity index is 2.33. The van der Waals surface area contributed by atoms with Crippen LogP contribution in [0, 0.1) is 0 Å². The first-order valence-corrected chi connectivity index (χ1v) is 2.82. The second-order valence-corrected chi connectivity index (χ2v) is 1.86. The van der Waals surface area contributed by atoms with Gasteiger partial charge in [0.15, 0.2) is 5.84 Å². The highest BCUT2D eigenvalue weighted by atomic mass is 16.4. The third kappa shape index (κ3) is 1.12. The van der Waals surface area contributed by atoms with Crippen molar-refractivity contribution in [3.8, 4) is 0 Å². The van der Waals surface area contributed by atoms with Crippen molar-refractivity contribution in [1.82, 2.24) is 5.32 Å². The van der Waals surface area contributed by atoms with Crippen molar-refractivity contribution in [2.75, 3.05) is 6.54 Å². The van der Waals surface area contributed by atoms with Gasteiger partial charge in [-0.1, -0.05) is 5.16 Å². The second-order valence-electron chi connectivity index (χ2n) is 1.86. The predicted molar refractivity (Wildman–Crippen MR) is 30.1 cm³/mol. The highest BCUT2D eigenvalue weighted by molar-refractivity contribution is 5.81. The fourth-order valence-electron chi connectivity index (χ4n) is 0.764. The Labute approximate surface area is 48.4 Å². The summed E-state index contributed by atoms with van der Waals surface area (Å²) >= 11 is 0. The van der Waals surface area contributed by atoms with Crippen LogP contribution in [0.2, 0.25) is 0 Å². The zero-order valence-corrected chi connectivity index (χ0v) is 4.67. The van der Waals surface area contributed by atoms with Gasteiger partial charge in [-0.3, -0.25) is 5.32 Å². The highest BCUT2D eigenvalue weighted by Crippen LogP contribution is 2.01. The molecule has 3 heteroatoms. The molecular weight excluding hydrogens is 104 g/mol. The van der Waals surface area contributed by atoms with Crippen LogP contribution in [-0.4, -0.2) is 17.6 Å². The minimum absolute atomic E-state index is 0.608. The lowest BCUT2D eigenvalue weighted by Crippen LogP contribution is -2.21. The monoisotopic (exact) mass is 113 g/mol. The van der Waals surface area contributed by atoms with Crippen LogP contribution in [0.25, 0.3) is 0 Å².